The average molecular weight is 733 g/mol. The second-order valence-electron chi connectivity index (χ2n) is 15.4. The molecule has 1 N–H and O–H groups in total. The number of esters is 1. The lowest BCUT2D eigenvalue weighted by Crippen LogP contribution is -2.37. The first kappa shape index (κ1) is 49.2. The summed E-state index contributed by atoms with van der Waals surface area (Å²) in [6, 6.07) is 0. The quantitative estimate of drug-likeness (QED) is 0.0221. The number of carbonyl (C=O) groups excluding carboxylic acids is 1. The molecule has 0 saturated heterocycles. The maximum atomic E-state index is 12.6. The Balaban J connectivity index is 4.22. The summed E-state index contributed by atoms with van der Waals surface area (Å²) in [5.41, 5.74) is 0. The van der Waals surface area contributed by atoms with Crippen molar-refractivity contribution in [2.75, 3.05) is 54.1 Å². The van der Waals surface area contributed by atoms with Crippen molar-refractivity contribution in [3.05, 3.63) is 12.2 Å². The monoisotopic (exact) mass is 733 g/mol. The molecule has 0 bridgehead atoms. The molecule has 50 heavy (non-hydrogen) atoms. The molecule has 0 amide bonds. The second-order valence-corrected chi connectivity index (χ2v) is 16.8. The number of hydrogen-bond donors (Lipinski definition) is 1. The van der Waals surface area contributed by atoms with Gasteiger partial charge in [-0.15, -0.1) is 0 Å². The largest absolute Gasteiger partial charge is 0.472 e. The SMILES string of the molecule is CCCCC/C=C\CCCCCCCC(=O)O[C@H](COCCCCCCCCCCCCCCCCCC)COP(=O)(O)OCC[N+](C)(C)C. The molecule has 0 aliphatic heterocycles. The third-order valence-electron chi connectivity index (χ3n) is 9.08. The second kappa shape index (κ2) is 35.3. The van der Waals surface area contributed by atoms with E-state index in [1.807, 2.05) is 21.1 Å². The minimum absolute atomic E-state index is 0.0900. The van der Waals surface area contributed by atoms with Crippen molar-refractivity contribution < 1.29 is 37.3 Å². The van der Waals surface area contributed by atoms with Gasteiger partial charge in [-0.2, -0.15) is 0 Å². The van der Waals surface area contributed by atoms with Gasteiger partial charge in [-0.1, -0.05) is 154 Å². The molecule has 0 radical (unpaired) electrons. The summed E-state index contributed by atoms with van der Waals surface area (Å²) in [4.78, 5) is 22.8. The van der Waals surface area contributed by atoms with Gasteiger partial charge in [0.15, 0.2) is 0 Å². The van der Waals surface area contributed by atoms with Crippen molar-refractivity contribution >= 4 is 13.8 Å². The highest BCUT2D eigenvalue weighted by molar-refractivity contribution is 7.47. The molecule has 0 aliphatic rings. The maximum Gasteiger partial charge on any atom is 0.472 e. The topological polar surface area (TPSA) is 91.3 Å². The van der Waals surface area contributed by atoms with Crippen LogP contribution in [0, 0.1) is 0 Å². The van der Waals surface area contributed by atoms with Crippen LogP contribution in [-0.4, -0.2) is 75.6 Å². The molecule has 0 aliphatic carbocycles. The zero-order valence-electron chi connectivity index (χ0n) is 33.7. The fourth-order valence-corrected chi connectivity index (χ4v) is 6.52. The third-order valence-corrected chi connectivity index (χ3v) is 10.1. The number of phosphoric ester groups is 1. The lowest BCUT2D eigenvalue weighted by molar-refractivity contribution is -0.870. The van der Waals surface area contributed by atoms with Crippen LogP contribution in [0.5, 0.6) is 0 Å². The number of nitrogens with zero attached hydrogens (tertiary/aromatic N) is 1. The Kier molecular flexibility index (Phi) is 34.7. The van der Waals surface area contributed by atoms with Crippen LogP contribution < -0.4 is 0 Å². The molecule has 0 aromatic heterocycles. The molecule has 0 aromatic rings. The van der Waals surface area contributed by atoms with E-state index in [2.05, 4.69) is 26.0 Å². The molecule has 1 unspecified atom stereocenters. The van der Waals surface area contributed by atoms with Crippen molar-refractivity contribution in [3.8, 4) is 0 Å². The Morgan fingerprint density at radius 2 is 1.04 bits per heavy atom. The van der Waals surface area contributed by atoms with Crippen molar-refractivity contribution in [1.29, 1.82) is 0 Å². The number of ether oxygens (including phenoxy) is 2. The summed E-state index contributed by atoms with van der Waals surface area (Å²) in [5.74, 6) is -0.321. The first-order chi connectivity index (χ1) is 24.1. The zero-order chi connectivity index (χ0) is 37.0. The van der Waals surface area contributed by atoms with Crippen LogP contribution in [0.4, 0.5) is 0 Å². The summed E-state index contributed by atoms with van der Waals surface area (Å²) in [7, 11) is 1.67. The van der Waals surface area contributed by atoms with E-state index < -0.39 is 13.9 Å². The molecule has 0 rings (SSSR count). The van der Waals surface area contributed by atoms with E-state index >= 15 is 0 Å². The van der Waals surface area contributed by atoms with Gasteiger partial charge in [0.25, 0.3) is 0 Å². The first-order valence-corrected chi connectivity index (χ1v) is 22.4. The van der Waals surface area contributed by atoms with Gasteiger partial charge in [-0.25, -0.2) is 4.57 Å². The lowest BCUT2D eigenvalue weighted by Gasteiger charge is -2.24. The molecule has 2 atom stereocenters. The summed E-state index contributed by atoms with van der Waals surface area (Å²) < 4.78 is 34.9. The van der Waals surface area contributed by atoms with Gasteiger partial charge in [0.2, 0.25) is 0 Å². The van der Waals surface area contributed by atoms with Gasteiger partial charge in [-0.3, -0.25) is 13.8 Å². The number of unbranched alkanes of at least 4 members (excludes halogenated alkanes) is 23. The number of rotatable bonds is 39. The Morgan fingerprint density at radius 3 is 1.56 bits per heavy atom. The van der Waals surface area contributed by atoms with Gasteiger partial charge in [0.05, 0.1) is 34.4 Å². The van der Waals surface area contributed by atoms with Crippen molar-refractivity contribution in [2.45, 2.75) is 193 Å². The van der Waals surface area contributed by atoms with Crippen molar-refractivity contribution in [3.63, 3.8) is 0 Å². The van der Waals surface area contributed by atoms with Crippen molar-refractivity contribution in [1.82, 2.24) is 0 Å². The van der Waals surface area contributed by atoms with E-state index in [0.717, 1.165) is 44.9 Å². The number of quaternary nitrogens is 1. The fraction of sp³-hybridized carbons (Fsp3) is 0.927. The van der Waals surface area contributed by atoms with Crippen LogP contribution in [0.2, 0.25) is 0 Å². The summed E-state index contributed by atoms with van der Waals surface area (Å²) >= 11 is 0. The molecule has 0 saturated carbocycles. The van der Waals surface area contributed by atoms with E-state index in [9.17, 15) is 14.3 Å². The lowest BCUT2D eigenvalue weighted by atomic mass is 10.0. The Morgan fingerprint density at radius 1 is 0.600 bits per heavy atom. The number of likely N-dealkylation sites (N-methyl/N-ethyl adjacent to an activating group) is 1. The molecule has 8 nitrogen and oxygen atoms in total. The number of allylic oxidation sites excluding steroid dienone is 2. The summed E-state index contributed by atoms with van der Waals surface area (Å²) in [6.45, 7) is 5.62. The molecule has 9 heteroatoms. The standard InChI is InChI=1S/C41H82NO7P/c1-6-8-10-12-14-16-18-20-21-22-23-25-27-29-31-33-36-46-38-40(39-48-50(44,45)47-37-35-42(3,4)5)49-41(43)34-32-30-28-26-24-19-17-15-13-11-9-7-2/h15,17,40H,6-14,16,18-39H2,1-5H3/p+1/b17-15-/t40-/m1/s1. The Bertz CT molecular complexity index is 817. The van der Waals surface area contributed by atoms with E-state index in [4.69, 9.17) is 18.5 Å². The van der Waals surface area contributed by atoms with Crippen LogP contribution in [0.25, 0.3) is 0 Å². The van der Waals surface area contributed by atoms with Crippen LogP contribution in [-0.2, 0) is 27.9 Å². The van der Waals surface area contributed by atoms with Gasteiger partial charge in [0, 0.05) is 13.0 Å². The molecule has 0 aromatic carbocycles. The molecule has 0 heterocycles. The van der Waals surface area contributed by atoms with Crippen molar-refractivity contribution in [2.24, 2.45) is 0 Å². The number of carbonyl (C=O) groups is 1. The fourth-order valence-electron chi connectivity index (χ4n) is 5.78. The predicted octanol–water partition coefficient (Wildman–Crippen LogP) is 11.9. The van der Waals surface area contributed by atoms with E-state index in [0.29, 0.717) is 24.1 Å². The van der Waals surface area contributed by atoms with Gasteiger partial charge in [0.1, 0.15) is 19.3 Å². The van der Waals surface area contributed by atoms with E-state index in [-0.39, 0.29) is 25.8 Å². The molecule has 0 fully saturated rings. The van der Waals surface area contributed by atoms with Gasteiger partial charge >= 0.3 is 13.8 Å². The summed E-state index contributed by atoms with van der Waals surface area (Å²) in [5, 5.41) is 0. The number of phosphoric acid groups is 1. The van der Waals surface area contributed by atoms with Crippen LogP contribution in [0.15, 0.2) is 12.2 Å². The Labute approximate surface area is 310 Å². The maximum absolute atomic E-state index is 12.6. The molecular formula is C41H83NO7P+. The third kappa shape index (κ3) is 38.5. The van der Waals surface area contributed by atoms with E-state index in [1.165, 1.54) is 122 Å². The van der Waals surface area contributed by atoms with Gasteiger partial charge < -0.3 is 18.9 Å². The first-order valence-electron chi connectivity index (χ1n) is 20.9. The van der Waals surface area contributed by atoms with Gasteiger partial charge in [-0.05, 0) is 38.5 Å². The van der Waals surface area contributed by atoms with Crippen LogP contribution in [0.3, 0.4) is 0 Å². The average Bonchev–Trinajstić information content (AvgIpc) is 3.06. The van der Waals surface area contributed by atoms with E-state index in [1.54, 1.807) is 0 Å². The molecule has 298 valence electrons. The molecular weight excluding hydrogens is 649 g/mol. The highest BCUT2D eigenvalue weighted by atomic mass is 31.2. The zero-order valence-corrected chi connectivity index (χ0v) is 34.5. The highest BCUT2D eigenvalue weighted by Gasteiger charge is 2.26. The predicted molar refractivity (Wildman–Crippen MR) is 210 cm³/mol. The normalized spacial score (nSPS) is 14.0. The minimum atomic E-state index is -4.27. The minimum Gasteiger partial charge on any atom is -0.457 e. The highest BCUT2D eigenvalue weighted by Crippen LogP contribution is 2.43. The smallest absolute Gasteiger partial charge is 0.457 e. The summed E-state index contributed by atoms with van der Waals surface area (Å²) in [6.07, 6.45) is 36.6. The number of hydrogen-bond acceptors (Lipinski definition) is 6. The Hall–Kier alpha value is -0.760. The van der Waals surface area contributed by atoms with Crippen LogP contribution >= 0.6 is 7.82 Å². The molecule has 0 spiro atoms. The van der Waals surface area contributed by atoms with Crippen LogP contribution in [0.1, 0.15) is 187 Å².